The van der Waals surface area contributed by atoms with Gasteiger partial charge in [-0.3, -0.25) is 4.79 Å². The van der Waals surface area contributed by atoms with Crippen molar-refractivity contribution in [1.29, 1.82) is 0 Å². The Balaban J connectivity index is 2.18. The molecule has 0 atom stereocenters. The number of carbonyl (C=O) groups excluding carboxylic acids is 1. The van der Waals surface area contributed by atoms with Crippen molar-refractivity contribution in [2.75, 3.05) is 12.4 Å². The number of nitrogens with one attached hydrogen (secondary N) is 2. The van der Waals surface area contributed by atoms with E-state index in [1.54, 1.807) is 24.3 Å². The number of amides is 1. The first kappa shape index (κ1) is 13.7. The molecule has 0 aliphatic rings. The van der Waals surface area contributed by atoms with Gasteiger partial charge in [-0.15, -0.1) is 11.3 Å². The molecule has 0 unspecified atom stereocenters. The fourth-order valence-corrected chi connectivity index (χ4v) is 3.31. The van der Waals surface area contributed by atoms with Gasteiger partial charge in [-0.25, -0.2) is 13.1 Å². The maximum absolute atomic E-state index is 11.9. The monoisotopic (exact) mass is 296 g/mol. The highest BCUT2D eigenvalue weighted by atomic mass is 32.2. The summed E-state index contributed by atoms with van der Waals surface area (Å²) >= 11 is 1.09. The molecule has 7 heteroatoms. The summed E-state index contributed by atoms with van der Waals surface area (Å²) < 4.78 is 25.3. The van der Waals surface area contributed by atoms with Crippen LogP contribution < -0.4 is 10.0 Å². The summed E-state index contributed by atoms with van der Waals surface area (Å²) in [6.45, 7) is 0. The summed E-state index contributed by atoms with van der Waals surface area (Å²) in [4.78, 5) is 12.4. The van der Waals surface area contributed by atoms with E-state index in [0.717, 1.165) is 11.3 Å². The van der Waals surface area contributed by atoms with Gasteiger partial charge in [0.25, 0.3) is 5.91 Å². The molecular formula is C12H12N2O3S2. The normalized spacial score (nSPS) is 11.2. The molecule has 0 bridgehead atoms. The Labute approximate surface area is 115 Å². The van der Waals surface area contributed by atoms with Crippen molar-refractivity contribution in [3.8, 4) is 0 Å². The van der Waals surface area contributed by atoms with Gasteiger partial charge in [0.15, 0.2) is 0 Å². The van der Waals surface area contributed by atoms with Crippen LogP contribution in [0.2, 0.25) is 0 Å². The predicted octanol–water partition coefficient (Wildman–Crippen LogP) is 1.91. The van der Waals surface area contributed by atoms with Gasteiger partial charge in [0.1, 0.15) is 0 Å². The van der Waals surface area contributed by atoms with E-state index in [1.807, 2.05) is 6.07 Å². The third-order valence-corrected chi connectivity index (χ3v) is 4.88. The Kier molecular flexibility index (Phi) is 3.98. The molecule has 1 aromatic carbocycles. The van der Waals surface area contributed by atoms with E-state index < -0.39 is 10.0 Å². The van der Waals surface area contributed by atoms with Gasteiger partial charge in [0.05, 0.1) is 9.77 Å². The zero-order valence-electron chi connectivity index (χ0n) is 10.1. The van der Waals surface area contributed by atoms with Crippen LogP contribution in [0, 0.1) is 0 Å². The fraction of sp³-hybridized carbons (Fsp3) is 0.0833. The molecule has 5 nitrogen and oxygen atoms in total. The van der Waals surface area contributed by atoms with E-state index in [1.165, 1.54) is 18.5 Å². The van der Waals surface area contributed by atoms with Gasteiger partial charge in [0.2, 0.25) is 10.0 Å². The molecule has 0 saturated carbocycles. The zero-order chi connectivity index (χ0) is 13.9. The van der Waals surface area contributed by atoms with Crippen molar-refractivity contribution >= 4 is 33.0 Å². The molecule has 100 valence electrons. The maximum atomic E-state index is 11.9. The topological polar surface area (TPSA) is 75.3 Å². The maximum Gasteiger partial charge on any atom is 0.265 e. The van der Waals surface area contributed by atoms with Crippen LogP contribution >= 0.6 is 11.3 Å². The van der Waals surface area contributed by atoms with Crippen molar-refractivity contribution in [3.63, 3.8) is 0 Å². The molecule has 0 aliphatic heterocycles. The summed E-state index contributed by atoms with van der Waals surface area (Å²) in [5.74, 6) is -0.325. The van der Waals surface area contributed by atoms with Crippen molar-refractivity contribution in [2.24, 2.45) is 0 Å². The van der Waals surface area contributed by atoms with Crippen molar-refractivity contribution < 1.29 is 13.2 Å². The molecule has 1 aromatic heterocycles. The van der Waals surface area contributed by atoms with E-state index in [0.29, 0.717) is 10.6 Å². The molecule has 2 aromatic rings. The SMILES string of the molecule is CNS(=O)(=O)c1csc(C(=O)Nc2ccccc2)c1. The number of carbonyl (C=O) groups is 1. The summed E-state index contributed by atoms with van der Waals surface area (Å²) in [6, 6.07) is 10.3. The Hall–Kier alpha value is -1.70. The Morgan fingerprint density at radius 2 is 1.89 bits per heavy atom. The lowest BCUT2D eigenvalue weighted by Crippen LogP contribution is -2.18. The molecule has 0 saturated heterocycles. The minimum atomic E-state index is -3.50. The second kappa shape index (κ2) is 5.52. The van der Waals surface area contributed by atoms with Gasteiger partial charge in [-0.1, -0.05) is 18.2 Å². The van der Waals surface area contributed by atoms with Crippen LogP contribution in [0.5, 0.6) is 0 Å². The Morgan fingerprint density at radius 1 is 1.21 bits per heavy atom. The number of sulfonamides is 1. The number of para-hydroxylation sites is 1. The third kappa shape index (κ3) is 3.19. The lowest BCUT2D eigenvalue weighted by Gasteiger charge is -2.02. The largest absolute Gasteiger partial charge is 0.321 e. The van der Waals surface area contributed by atoms with Crippen LogP contribution in [0.4, 0.5) is 5.69 Å². The van der Waals surface area contributed by atoms with Gasteiger partial charge < -0.3 is 5.32 Å². The Morgan fingerprint density at radius 3 is 2.53 bits per heavy atom. The lowest BCUT2D eigenvalue weighted by molar-refractivity contribution is 0.103. The van der Waals surface area contributed by atoms with E-state index >= 15 is 0 Å². The average Bonchev–Trinajstić information content (AvgIpc) is 2.90. The number of hydrogen-bond donors (Lipinski definition) is 2. The number of rotatable bonds is 4. The third-order valence-electron chi connectivity index (χ3n) is 2.41. The summed E-state index contributed by atoms with van der Waals surface area (Å²) in [5, 5.41) is 4.13. The summed E-state index contributed by atoms with van der Waals surface area (Å²) in [6.07, 6.45) is 0. The van der Waals surface area contributed by atoms with Crippen LogP contribution in [0.3, 0.4) is 0 Å². The zero-order valence-corrected chi connectivity index (χ0v) is 11.7. The van der Waals surface area contributed by atoms with Crippen LogP contribution in [-0.4, -0.2) is 21.4 Å². The second-order valence-corrected chi connectivity index (χ2v) is 6.47. The van der Waals surface area contributed by atoms with E-state index in [2.05, 4.69) is 10.0 Å². The molecule has 19 heavy (non-hydrogen) atoms. The highest BCUT2D eigenvalue weighted by molar-refractivity contribution is 7.89. The fourth-order valence-electron chi connectivity index (χ4n) is 1.41. The summed E-state index contributed by atoms with van der Waals surface area (Å²) in [7, 11) is -2.17. The number of thiophene rings is 1. The highest BCUT2D eigenvalue weighted by Gasteiger charge is 2.17. The molecule has 2 rings (SSSR count). The molecule has 1 heterocycles. The van der Waals surface area contributed by atoms with Gasteiger partial charge in [-0.2, -0.15) is 0 Å². The standard InChI is InChI=1S/C12H12N2O3S2/c1-13-19(16,17)10-7-11(18-8-10)12(15)14-9-5-3-2-4-6-9/h2-8,13H,1H3,(H,14,15). The van der Waals surface area contributed by atoms with Gasteiger partial charge >= 0.3 is 0 Å². The molecule has 0 spiro atoms. The van der Waals surface area contributed by atoms with Crippen LogP contribution in [-0.2, 0) is 10.0 Å². The van der Waals surface area contributed by atoms with Crippen LogP contribution in [0.15, 0.2) is 46.7 Å². The first-order valence-corrected chi connectivity index (χ1v) is 7.78. The average molecular weight is 296 g/mol. The first-order valence-electron chi connectivity index (χ1n) is 5.41. The molecule has 2 N–H and O–H groups in total. The highest BCUT2D eigenvalue weighted by Crippen LogP contribution is 2.20. The van der Waals surface area contributed by atoms with Crippen molar-refractivity contribution in [1.82, 2.24) is 4.72 Å². The minimum Gasteiger partial charge on any atom is -0.321 e. The summed E-state index contributed by atoms with van der Waals surface area (Å²) in [5.41, 5.74) is 0.666. The van der Waals surface area contributed by atoms with E-state index in [9.17, 15) is 13.2 Å². The van der Waals surface area contributed by atoms with E-state index in [4.69, 9.17) is 0 Å². The number of hydrogen-bond acceptors (Lipinski definition) is 4. The number of anilines is 1. The van der Waals surface area contributed by atoms with Gasteiger partial charge in [0, 0.05) is 11.1 Å². The van der Waals surface area contributed by atoms with Crippen LogP contribution in [0.1, 0.15) is 9.67 Å². The number of benzene rings is 1. The molecule has 0 radical (unpaired) electrons. The van der Waals surface area contributed by atoms with E-state index in [-0.39, 0.29) is 10.8 Å². The second-order valence-electron chi connectivity index (χ2n) is 3.67. The van der Waals surface area contributed by atoms with Crippen molar-refractivity contribution in [3.05, 3.63) is 46.7 Å². The Bertz CT molecular complexity index is 678. The first-order chi connectivity index (χ1) is 9.03. The lowest BCUT2D eigenvalue weighted by atomic mass is 10.3. The molecular weight excluding hydrogens is 284 g/mol. The predicted molar refractivity (Wildman–Crippen MR) is 75.0 cm³/mol. The van der Waals surface area contributed by atoms with Gasteiger partial charge in [-0.05, 0) is 25.2 Å². The molecule has 0 fully saturated rings. The minimum absolute atomic E-state index is 0.0956. The van der Waals surface area contributed by atoms with Crippen molar-refractivity contribution in [2.45, 2.75) is 4.90 Å². The van der Waals surface area contributed by atoms with Crippen LogP contribution in [0.25, 0.3) is 0 Å². The quantitative estimate of drug-likeness (QED) is 0.905. The molecule has 1 amide bonds. The molecule has 0 aliphatic carbocycles. The smallest absolute Gasteiger partial charge is 0.265 e.